The average molecular weight is 70.1 g/mol. The molecule has 1 heteroatoms. The Hall–Kier alpha value is -0.510. The highest BCUT2D eigenvalue weighted by Gasteiger charge is 1.85. The smallest absolute Gasteiger partial charge is 0.101 e. The molecule has 0 heterocycles. The van der Waals surface area contributed by atoms with Crippen molar-refractivity contribution in [1.29, 1.82) is 0 Å². The van der Waals surface area contributed by atoms with E-state index in [9.17, 15) is 0 Å². The maximum Gasteiger partial charge on any atom is 0.273 e. The van der Waals surface area contributed by atoms with Crippen LogP contribution in [0.4, 0.5) is 0 Å². The van der Waals surface area contributed by atoms with Gasteiger partial charge in [0.25, 0.3) is 6.07 Å². The Labute approximate surface area is 32.2 Å². The summed E-state index contributed by atoms with van der Waals surface area (Å²) in [6.45, 7) is 3.85. The van der Waals surface area contributed by atoms with Crippen molar-refractivity contribution in [2.45, 2.75) is 13.8 Å². The standard InChI is InChI=1S/C4H7N/c1-4(2)3-5/h4H,1-2H3/p+1. The van der Waals surface area contributed by atoms with Gasteiger partial charge >= 0.3 is 0 Å². The van der Waals surface area contributed by atoms with Crippen LogP contribution in [0.2, 0.25) is 0 Å². The lowest BCUT2D eigenvalue weighted by Gasteiger charge is -1.69. The van der Waals surface area contributed by atoms with Crippen molar-refractivity contribution < 1.29 is 5.26 Å². The van der Waals surface area contributed by atoms with Gasteiger partial charge in [0.1, 0.15) is 0 Å². The molecular formula is C4H8N+. The van der Waals surface area contributed by atoms with E-state index in [1.54, 1.807) is 0 Å². The van der Waals surface area contributed by atoms with Gasteiger partial charge < -0.3 is 0 Å². The second kappa shape index (κ2) is 1.78. The van der Waals surface area contributed by atoms with Gasteiger partial charge in [-0.1, -0.05) is 0 Å². The molecule has 0 spiro atoms. The molecule has 0 atom stereocenters. The Balaban J connectivity index is 2.94. The fourth-order valence-corrected chi connectivity index (χ4v) is 0. The number of hydrogen-bond acceptors (Lipinski definition) is 0. The van der Waals surface area contributed by atoms with Crippen LogP contribution < -0.4 is 5.26 Å². The lowest BCUT2D eigenvalue weighted by atomic mass is 10.3. The van der Waals surface area contributed by atoms with Crippen molar-refractivity contribution in [3.63, 3.8) is 0 Å². The van der Waals surface area contributed by atoms with Crippen LogP contribution in [0.5, 0.6) is 0 Å². The maximum atomic E-state index is 6.41. The zero-order valence-corrected chi connectivity index (χ0v) is 3.58. The summed E-state index contributed by atoms with van der Waals surface area (Å²) in [6, 6.07) is 2.28. The van der Waals surface area contributed by atoms with E-state index in [0.29, 0.717) is 5.92 Å². The van der Waals surface area contributed by atoms with Gasteiger partial charge in [0.15, 0.2) is 0 Å². The predicted molar refractivity (Wildman–Crippen MR) is 19.7 cm³/mol. The largest absolute Gasteiger partial charge is 0.273 e. The zero-order valence-electron chi connectivity index (χ0n) is 3.58. The van der Waals surface area contributed by atoms with Crippen LogP contribution in [0.3, 0.4) is 0 Å². The molecule has 28 valence electrons. The topological polar surface area (TPSA) is 23.8 Å². The van der Waals surface area contributed by atoms with Crippen molar-refractivity contribution in [2.24, 2.45) is 5.92 Å². The summed E-state index contributed by atoms with van der Waals surface area (Å²) in [4.78, 5) is 0. The Morgan fingerprint density at radius 3 is 1.80 bits per heavy atom. The fourth-order valence-electron chi connectivity index (χ4n) is 0. The first kappa shape index (κ1) is 4.49. The van der Waals surface area contributed by atoms with Gasteiger partial charge in [-0.3, -0.25) is 0 Å². The summed E-state index contributed by atoms with van der Waals surface area (Å²) < 4.78 is 0. The Morgan fingerprint density at radius 2 is 1.80 bits per heavy atom. The Morgan fingerprint density at radius 1 is 1.60 bits per heavy atom. The lowest BCUT2D eigenvalue weighted by molar-refractivity contribution is -0.0975. The van der Waals surface area contributed by atoms with E-state index in [-0.39, 0.29) is 0 Å². The molecule has 0 radical (unpaired) electrons. The summed E-state index contributed by atoms with van der Waals surface area (Å²) in [6.07, 6.45) is 0. The second-order valence-electron chi connectivity index (χ2n) is 1.30. The molecular weight excluding hydrogens is 62.1 g/mol. The molecule has 1 N–H and O–H groups in total. The van der Waals surface area contributed by atoms with Gasteiger partial charge in [-0.2, -0.15) is 0 Å². The molecule has 5 heavy (non-hydrogen) atoms. The van der Waals surface area contributed by atoms with E-state index in [4.69, 9.17) is 5.26 Å². The normalized spacial score (nSPS) is 7.60. The highest BCUT2D eigenvalue weighted by Crippen LogP contribution is 1.80. The minimum absolute atomic E-state index is 0.301. The summed E-state index contributed by atoms with van der Waals surface area (Å²) >= 11 is 0. The first-order valence-electron chi connectivity index (χ1n) is 1.69. The third-order valence-corrected chi connectivity index (χ3v) is 0.289. The molecule has 1 nitrogen and oxygen atoms in total. The molecule has 0 bridgehead atoms. The van der Waals surface area contributed by atoms with Crippen molar-refractivity contribution in [1.82, 2.24) is 0 Å². The summed E-state index contributed by atoms with van der Waals surface area (Å²) in [5.41, 5.74) is 0. The summed E-state index contributed by atoms with van der Waals surface area (Å²) in [7, 11) is 0. The molecule has 0 aliphatic rings. The van der Waals surface area contributed by atoms with E-state index in [0.717, 1.165) is 0 Å². The van der Waals surface area contributed by atoms with Crippen LogP contribution in [-0.4, -0.2) is 0 Å². The monoisotopic (exact) mass is 70.1 g/mol. The fraction of sp³-hybridized carbons (Fsp3) is 0.750. The van der Waals surface area contributed by atoms with Crippen LogP contribution in [0.15, 0.2) is 0 Å². The van der Waals surface area contributed by atoms with E-state index in [1.165, 1.54) is 0 Å². The SMILES string of the molecule is CC(C)C#[NH+]. The second-order valence-corrected chi connectivity index (χ2v) is 1.30. The van der Waals surface area contributed by atoms with Crippen LogP contribution in [0.25, 0.3) is 0 Å². The molecule has 0 aliphatic heterocycles. The van der Waals surface area contributed by atoms with Crippen molar-refractivity contribution >= 4 is 0 Å². The summed E-state index contributed by atoms with van der Waals surface area (Å²) in [5.74, 6) is 0.301. The number of hydrogen-bond donors (Lipinski definition) is 1. The molecule has 0 saturated heterocycles. The van der Waals surface area contributed by atoms with Crippen LogP contribution in [-0.2, 0) is 0 Å². The van der Waals surface area contributed by atoms with E-state index >= 15 is 0 Å². The first-order chi connectivity index (χ1) is 2.27. The van der Waals surface area contributed by atoms with Gasteiger partial charge in [-0.25, -0.2) is 0 Å². The minimum atomic E-state index is 0.301. The molecule has 0 fully saturated rings. The summed E-state index contributed by atoms with van der Waals surface area (Å²) in [5, 5.41) is 6.41. The van der Waals surface area contributed by atoms with Gasteiger partial charge in [-0.05, 0) is 13.8 Å². The quantitative estimate of drug-likeness (QED) is 0.394. The average Bonchev–Trinajstić information content (AvgIpc) is 1.38. The first-order valence-corrected chi connectivity index (χ1v) is 1.69. The molecule has 0 rings (SSSR count). The number of rotatable bonds is 0. The van der Waals surface area contributed by atoms with Crippen LogP contribution >= 0.6 is 0 Å². The Kier molecular flexibility index (Phi) is 1.60. The maximum absolute atomic E-state index is 6.41. The minimum Gasteiger partial charge on any atom is -0.101 e. The van der Waals surface area contributed by atoms with E-state index < -0.39 is 0 Å². The molecule has 0 aromatic heterocycles. The highest BCUT2D eigenvalue weighted by atomic mass is 14.2. The third kappa shape index (κ3) is 3.49. The van der Waals surface area contributed by atoms with Crippen molar-refractivity contribution in [2.75, 3.05) is 0 Å². The Bertz CT molecular complexity index is 49.2. The van der Waals surface area contributed by atoms with Crippen molar-refractivity contribution in [3.05, 3.63) is 0 Å². The highest BCUT2D eigenvalue weighted by molar-refractivity contribution is 4.70. The molecule has 0 aliphatic carbocycles. The van der Waals surface area contributed by atoms with Gasteiger partial charge in [-0.15, -0.1) is 5.26 Å². The molecule has 0 amide bonds. The molecule has 0 saturated carbocycles. The van der Waals surface area contributed by atoms with Gasteiger partial charge in [0.2, 0.25) is 0 Å². The molecule has 0 aromatic rings. The van der Waals surface area contributed by atoms with Gasteiger partial charge in [0.05, 0.1) is 5.92 Å². The number of nitrogens with one attached hydrogen (secondary N) is 1. The van der Waals surface area contributed by atoms with E-state index in [2.05, 4.69) is 6.07 Å². The lowest BCUT2D eigenvalue weighted by Crippen LogP contribution is -2.18. The van der Waals surface area contributed by atoms with Gasteiger partial charge in [0, 0.05) is 0 Å². The van der Waals surface area contributed by atoms with E-state index in [1.807, 2.05) is 13.8 Å². The molecule has 0 aromatic carbocycles. The van der Waals surface area contributed by atoms with Crippen LogP contribution in [0, 0.1) is 12.0 Å². The predicted octanol–water partition coefficient (Wildman–Crippen LogP) is -0.585. The molecule has 0 unspecified atom stereocenters. The zero-order chi connectivity index (χ0) is 4.28. The van der Waals surface area contributed by atoms with Crippen LogP contribution in [0.1, 0.15) is 13.8 Å². The van der Waals surface area contributed by atoms with Crippen molar-refractivity contribution in [3.8, 4) is 6.07 Å². The third-order valence-electron chi connectivity index (χ3n) is 0.289.